The normalized spacial score (nSPS) is 14.8. The van der Waals surface area contributed by atoms with Crippen molar-refractivity contribution < 1.29 is 19.1 Å². The summed E-state index contributed by atoms with van der Waals surface area (Å²) in [5.41, 5.74) is 6.19. The van der Waals surface area contributed by atoms with E-state index in [4.69, 9.17) is 15.2 Å². The highest BCUT2D eigenvalue weighted by Crippen LogP contribution is 2.26. The van der Waals surface area contributed by atoms with E-state index in [1.807, 2.05) is 24.3 Å². The van der Waals surface area contributed by atoms with Gasteiger partial charge in [0, 0.05) is 5.56 Å². The summed E-state index contributed by atoms with van der Waals surface area (Å²) in [6.07, 6.45) is 0.741. The minimum Gasteiger partial charge on any atom is -0.488 e. The van der Waals surface area contributed by atoms with Gasteiger partial charge in [-0.2, -0.15) is 0 Å². The summed E-state index contributed by atoms with van der Waals surface area (Å²) in [4.78, 5) is 22.6. The zero-order chi connectivity index (χ0) is 13.1. The van der Waals surface area contributed by atoms with Gasteiger partial charge in [-0.25, -0.2) is 4.79 Å². The number of fused-ring (bicyclic) bond motifs is 1. The van der Waals surface area contributed by atoms with E-state index in [-0.39, 0.29) is 6.61 Å². The van der Waals surface area contributed by atoms with Crippen LogP contribution >= 0.6 is 0 Å². The summed E-state index contributed by atoms with van der Waals surface area (Å²) in [6, 6.07) is 7.35. The highest BCUT2D eigenvalue weighted by atomic mass is 16.6. The van der Waals surface area contributed by atoms with Crippen LogP contribution in [0.4, 0.5) is 0 Å². The van der Waals surface area contributed by atoms with Crippen LogP contribution in [-0.4, -0.2) is 24.6 Å². The fourth-order valence-electron chi connectivity index (χ4n) is 1.53. The average molecular weight is 247 g/mol. The molecule has 0 fully saturated rings. The van der Waals surface area contributed by atoms with Crippen LogP contribution in [0.5, 0.6) is 5.75 Å². The minimum atomic E-state index is -0.949. The number of carbonyl (C=O) groups excluding carboxylic acids is 2. The number of amides is 1. The van der Waals surface area contributed by atoms with E-state index in [0.717, 1.165) is 11.3 Å². The van der Waals surface area contributed by atoms with Crippen LogP contribution in [0.3, 0.4) is 0 Å². The molecule has 0 aromatic heterocycles. The zero-order valence-electron chi connectivity index (χ0n) is 9.88. The monoisotopic (exact) mass is 247 g/mol. The van der Waals surface area contributed by atoms with Crippen LogP contribution in [0.15, 0.2) is 29.8 Å². The van der Waals surface area contributed by atoms with Gasteiger partial charge in [-0.3, -0.25) is 4.79 Å². The molecule has 0 saturated heterocycles. The lowest BCUT2D eigenvalue weighted by Gasteiger charge is -2.18. The number of hydrogen-bond acceptors (Lipinski definition) is 4. The molecule has 0 spiro atoms. The summed E-state index contributed by atoms with van der Waals surface area (Å²) in [5, 5.41) is 0. The second-order valence-corrected chi connectivity index (χ2v) is 3.95. The molecule has 0 radical (unpaired) electrons. The van der Waals surface area contributed by atoms with E-state index in [0.29, 0.717) is 5.57 Å². The molecule has 0 unspecified atom stereocenters. The molecule has 1 heterocycles. The molecule has 5 heteroatoms. The van der Waals surface area contributed by atoms with Crippen LogP contribution in [0.1, 0.15) is 12.5 Å². The smallest absolute Gasteiger partial charge is 0.338 e. The molecular formula is C13H13NO4. The van der Waals surface area contributed by atoms with E-state index in [9.17, 15) is 9.59 Å². The Balaban J connectivity index is 2.14. The Labute approximate surface area is 104 Å². The van der Waals surface area contributed by atoms with Crippen LogP contribution in [0.2, 0.25) is 0 Å². The van der Waals surface area contributed by atoms with Crippen LogP contribution in [0.25, 0.3) is 6.08 Å². The first kappa shape index (κ1) is 12.2. The molecule has 0 bridgehead atoms. The number of esters is 1. The van der Waals surface area contributed by atoms with Crippen LogP contribution in [0, 0.1) is 0 Å². The van der Waals surface area contributed by atoms with Gasteiger partial charge in [0.25, 0.3) is 5.91 Å². The maximum atomic E-state index is 11.7. The predicted octanol–water partition coefficient (Wildman–Crippen LogP) is 0.879. The molecule has 1 aliphatic heterocycles. The Kier molecular flexibility index (Phi) is 3.32. The standard InChI is InChI=1S/C13H13NO4/c1-8(12(14)15)18-13(16)10-6-9-4-2-3-5-11(9)17-7-10/h2-6,8H,7H2,1H3,(H2,14,15)/t8-/m1/s1. The lowest BCUT2D eigenvalue weighted by molar-refractivity contribution is -0.150. The van der Waals surface area contributed by atoms with E-state index in [1.54, 1.807) is 6.08 Å². The second kappa shape index (κ2) is 4.91. The van der Waals surface area contributed by atoms with Crippen molar-refractivity contribution in [2.45, 2.75) is 13.0 Å². The van der Waals surface area contributed by atoms with Crippen LogP contribution < -0.4 is 10.5 Å². The van der Waals surface area contributed by atoms with Gasteiger partial charge in [0.1, 0.15) is 12.4 Å². The molecule has 1 aliphatic rings. The van der Waals surface area contributed by atoms with Gasteiger partial charge in [-0.1, -0.05) is 18.2 Å². The molecular weight excluding hydrogens is 234 g/mol. The SMILES string of the molecule is C[C@@H](OC(=O)C1=Cc2ccccc2OC1)C(N)=O. The Bertz CT molecular complexity index is 521. The number of hydrogen-bond donors (Lipinski definition) is 1. The van der Waals surface area contributed by atoms with Crippen molar-refractivity contribution in [3.05, 3.63) is 35.4 Å². The molecule has 18 heavy (non-hydrogen) atoms. The maximum Gasteiger partial charge on any atom is 0.338 e. The van der Waals surface area contributed by atoms with Crippen molar-refractivity contribution in [1.82, 2.24) is 0 Å². The molecule has 1 aromatic rings. The third kappa shape index (κ3) is 2.51. The Hall–Kier alpha value is -2.30. The summed E-state index contributed by atoms with van der Waals surface area (Å²) < 4.78 is 10.3. The summed E-state index contributed by atoms with van der Waals surface area (Å²) in [6.45, 7) is 1.56. The van der Waals surface area contributed by atoms with Gasteiger partial charge in [0.2, 0.25) is 0 Å². The fourth-order valence-corrected chi connectivity index (χ4v) is 1.53. The number of para-hydroxylation sites is 1. The van der Waals surface area contributed by atoms with Gasteiger partial charge in [-0.05, 0) is 19.1 Å². The van der Waals surface area contributed by atoms with Gasteiger partial charge in [0.15, 0.2) is 6.10 Å². The van der Waals surface area contributed by atoms with Crippen molar-refractivity contribution in [2.75, 3.05) is 6.61 Å². The minimum absolute atomic E-state index is 0.126. The van der Waals surface area contributed by atoms with Crippen molar-refractivity contribution in [2.24, 2.45) is 5.73 Å². The van der Waals surface area contributed by atoms with E-state index >= 15 is 0 Å². The molecule has 2 N–H and O–H groups in total. The summed E-state index contributed by atoms with van der Waals surface area (Å²) >= 11 is 0. The largest absolute Gasteiger partial charge is 0.488 e. The average Bonchev–Trinajstić information content (AvgIpc) is 2.37. The quantitative estimate of drug-likeness (QED) is 0.804. The number of rotatable bonds is 3. The number of nitrogens with two attached hydrogens (primary N) is 1. The molecule has 2 rings (SSSR count). The highest BCUT2D eigenvalue weighted by molar-refractivity contribution is 5.96. The maximum absolute atomic E-state index is 11.7. The zero-order valence-corrected chi connectivity index (χ0v) is 9.88. The lowest BCUT2D eigenvalue weighted by Crippen LogP contribution is -2.31. The first-order chi connectivity index (χ1) is 8.58. The van der Waals surface area contributed by atoms with Gasteiger partial charge in [0.05, 0.1) is 5.57 Å². The van der Waals surface area contributed by atoms with Gasteiger partial charge < -0.3 is 15.2 Å². The Morgan fingerprint density at radius 1 is 1.39 bits per heavy atom. The molecule has 0 saturated carbocycles. The van der Waals surface area contributed by atoms with Gasteiger partial charge in [-0.15, -0.1) is 0 Å². The van der Waals surface area contributed by atoms with E-state index in [1.165, 1.54) is 6.92 Å². The van der Waals surface area contributed by atoms with Crippen molar-refractivity contribution in [1.29, 1.82) is 0 Å². The number of primary amides is 1. The molecule has 1 aromatic carbocycles. The molecule has 0 aliphatic carbocycles. The Morgan fingerprint density at radius 2 is 2.11 bits per heavy atom. The Morgan fingerprint density at radius 3 is 2.83 bits per heavy atom. The molecule has 94 valence electrons. The van der Waals surface area contributed by atoms with Crippen molar-refractivity contribution in [3.63, 3.8) is 0 Å². The van der Waals surface area contributed by atoms with Crippen molar-refractivity contribution in [3.8, 4) is 5.75 Å². The van der Waals surface area contributed by atoms with E-state index in [2.05, 4.69) is 0 Å². The summed E-state index contributed by atoms with van der Waals surface area (Å²) in [5.74, 6) is -0.547. The first-order valence-corrected chi connectivity index (χ1v) is 5.50. The number of carbonyl (C=O) groups is 2. The number of ether oxygens (including phenoxy) is 2. The molecule has 1 atom stereocenters. The van der Waals surface area contributed by atoms with Crippen LogP contribution in [-0.2, 0) is 14.3 Å². The first-order valence-electron chi connectivity index (χ1n) is 5.50. The summed E-state index contributed by atoms with van der Waals surface area (Å²) in [7, 11) is 0. The highest BCUT2D eigenvalue weighted by Gasteiger charge is 2.21. The fraction of sp³-hybridized carbons (Fsp3) is 0.231. The van der Waals surface area contributed by atoms with E-state index < -0.39 is 18.0 Å². The lowest BCUT2D eigenvalue weighted by atomic mass is 10.1. The predicted molar refractivity (Wildman–Crippen MR) is 64.7 cm³/mol. The molecule has 5 nitrogen and oxygen atoms in total. The third-order valence-electron chi connectivity index (χ3n) is 2.58. The van der Waals surface area contributed by atoms with Crippen molar-refractivity contribution >= 4 is 18.0 Å². The third-order valence-corrected chi connectivity index (χ3v) is 2.58. The molecule has 1 amide bonds. The topological polar surface area (TPSA) is 78.6 Å². The second-order valence-electron chi connectivity index (χ2n) is 3.95. The van der Waals surface area contributed by atoms with Gasteiger partial charge >= 0.3 is 5.97 Å². The number of benzene rings is 1.